The van der Waals surface area contributed by atoms with E-state index in [2.05, 4.69) is 5.32 Å². The Morgan fingerprint density at radius 1 is 1.26 bits per heavy atom. The molecule has 23 heavy (non-hydrogen) atoms. The van der Waals surface area contributed by atoms with Crippen molar-refractivity contribution >= 4 is 11.9 Å². The van der Waals surface area contributed by atoms with Crippen molar-refractivity contribution < 1.29 is 24.2 Å². The maximum Gasteiger partial charge on any atom is 0.326 e. The van der Waals surface area contributed by atoms with Gasteiger partial charge in [-0.25, -0.2) is 4.79 Å². The molecule has 1 aromatic rings. The maximum atomic E-state index is 12.1. The Labute approximate surface area is 134 Å². The molecule has 1 aliphatic heterocycles. The van der Waals surface area contributed by atoms with Crippen LogP contribution < -0.4 is 10.1 Å². The topological polar surface area (TPSA) is 84.9 Å². The summed E-state index contributed by atoms with van der Waals surface area (Å²) in [4.78, 5) is 23.3. The third-order valence-electron chi connectivity index (χ3n) is 4.22. The number of hydrogen-bond donors (Lipinski definition) is 2. The Morgan fingerprint density at radius 2 is 2.00 bits per heavy atom. The van der Waals surface area contributed by atoms with Crippen LogP contribution in [0.5, 0.6) is 5.75 Å². The lowest BCUT2D eigenvalue weighted by atomic mass is 10.1. The number of benzene rings is 1. The Morgan fingerprint density at radius 3 is 2.57 bits per heavy atom. The highest BCUT2D eigenvalue weighted by atomic mass is 16.5. The van der Waals surface area contributed by atoms with E-state index in [1.165, 1.54) is 0 Å². The van der Waals surface area contributed by atoms with Crippen LogP contribution in [0.3, 0.4) is 0 Å². The highest BCUT2D eigenvalue weighted by molar-refractivity contribution is 5.96. The summed E-state index contributed by atoms with van der Waals surface area (Å²) in [6.07, 6.45) is 3.94. The molecule has 1 aromatic carbocycles. The number of hydrogen-bond acceptors (Lipinski definition) is 4. The normalized spacial score (nSPS) is 21.7. The number of carboxylic acid groups (broad SMARTS) is 1. The second kappa shape index (κ2) is 7.00. The second-order valence-corrected chi connectivity index (χ2v) is 6.10. The molecular weight excluding hydrogens is 298 g/mol. The third kappa shape index (κ3) is 4.22. The first-order valence-corrected chi connectivity index (χ1v) is 8.01. The van der Waals surface area contributed by atoms with Crippen molar-refractivity contribution in [2.45, 2.75) is 37.8 Å². The van der Waals surface area contributed by atoms with E-state index in [9.17, 15) is 9.59 Å². The average molecular weight is 319 g/mol. The predicted octanol–water partition coefficient (Wildman–Crippen LogP) is 1.84. The summed E-state index contributed by atoms with van der Waals surface area (Å²) in [5.74, 6) is -0.605. The minimum absolute atomic E-state index is 0.0606. The zero-order valence-electron chi connectivity index (χ0n) is 12.9. The first kappa shape index (κ1) is 15.8. The number of nitrogens with one attached hydrogen (secondary N) is 1. The summed E-state index contributed by atoms with van der Waals surface area (Å²) in [7, 11) is 0. The van der Waals surface area contributed by atoms with Gasteiger partial charge in [-0.2, -0.15) is 0 Å². The van der Waals surface area contributed by atoms with Crippen molar-refractivity contribution in [3.63, 3.8) is 0 Å². The van der Waals surface area contributed by atoms with Gasteiger partial charge in [0.05, 0.1) is 6.10 Å². The van der Waals surface area contributed by atoms with E-state index < -0.39 is 12.0 Å². The van der Waals surface area contributed by atoms with Crippen molar-refractivity contribution in [3.05, 3.63) is 29.8 Å². The SMILES string of the molecule is O=C(NC(C(=O)O)C1CC1)c1ccc(OCC2CCCO2)cc1. The van der Waals surface area contributed by atoms with E-state index in [1.807, 2.05) is 0 Å². The maximum absolute atomic E-state index is 12.1. The fourth-order valence-electron chi connectivity index (χ4n) is 2.70. The summed E-state index contributed by atoms with van der Waals surface area (Å²) in [6, 6.07) is 5.93. The van der Waals surface area contributed by atoms with Gasteiger partial charge in [0.25, 0.3) is 5.91 Å². The molecule has 1 saturated carbocycles. The second-order valence-electron chi connectivity index (χ2n) is 6.10. The molecule has 1 aliphatic carbocycles. The number of carbonyl (C=O) groups excluding carboxylic acids is 1. The highest BCUT2D eigenvalue weighted by Crippen LogP contribution is 2.32. The number of carboxylic acids is 1. The lowest BCUT2D eigenvalue weighted by molar-refractivity contribution is -0.139. The zero-order valence-corrected chi connectivity index (χ0v) is 12.9. The van der Waals surface area contributed by atoms with Gasteiger partial charge < -0.3 is 19.9 Å². The highest BCUT2D eigenvalue weighted by Gasteiger charge is 2.37. The monoisotopic (exact) mass is 319 g/mol. The van der Waals surface area contributed by atoms with Gasteiger partial charge in [-0.1, -0.05) is 0 Å². The molecule has 2 fully saturated rings. The lowest BCUT2D eigenvalue weighted by Crippen LogP contribution is -2.42. The molecule has 1 saturated heterocycles. The van der Waals surface area contributed by atoms with Crippen LogP contribution in [0.2, 0.25) is 0 Å². The van der Waals surface area contributed by atoms with Gasteiger partial charge in [0, 0.05) is 12.2 Å². The van der Waals surface area contributed by atoms with Crippen LogP contribution in [0.1, 0.15) is 36.0 Å². The molecule has 3 rings (SSSR count). The van der Waals surface area contributed by atoms with Crippen LogP contribution in [0.25, 0.3) is 0 Å². The standard InChI is InChI=1S/C17H21NO5/c19-16(18-15(17(20)21)11-3-4-11)12-5-7-13(8-6-12)23-10-14-2-1-9-22-14/h5-8,11,14-15H,1-4,9-10H2,(H,18,19)(H,20,21). The van der Waals surface area contributed by atoms with E-state index in [-0.39, 0.29) is 17.9 Å². The van der Waals surface area contributed by atoms with Crippen LogP contribution in [0.15, 0.2) is 24.3 Å². The lowest BCUT2D eigenvalue weighted by Gasteiger charge is -2.14. The molecule has 0 spiro atoms. The molecular formula is C17H21NO5. The quantitative estimate of drug-likeness (QED) is 0.801. The Bertz CT molecular complexity index is 561. The summed E-state index contributed by atoms with van der Waals surface area (Å²) >= 11 is 0. The Hall–Kier alpha value is -2.08. The molecule has 2 aliphatic rings. The van der Waals surface area contributed by atoms with Crippen LogP contribution in [0.4, 0.5) is 0 Å². The summed E-state index contributed by atoms with van der Waals surface area (Å²) in [5.41, 5.74) is 0.432. The third-order valence-corrected chi connectivity index (χ3v) is 4.22. The van der Waals surface area contributed by atoms with Gasteiger partial charge in [-0.15, -0.1) is 0 Å². The van der Waals surface area contributed by atoms with E-state index in [1.54, 1.807) is 24.3 Å². The number of ether oxygens (including phenoxy) is 2. The van der Waals surface area contributed by atoms with Crippen LogP contribution in [-0.4, -0.2) is 42.3 Å². The van der Waals surface area contributed by atoms with Gasteiger partial charge in [0.15, 0.2) is 0 Å². The molecule has 1 heterocycles. The predicted molar refractivity (Wildman–Crippen MR) is 82.5 cm³/mol. The van der Waals surface area contributed by atoms with E-state index in [0.717, 1.165) is 32.3 Å². The molecule has 0 radical (unpaired) electrons. The summed E-state index contributed by atoms with van der Waals surface area (Å²) < 4.78 is 11.1. The number of aliphatic carboxylic acids is 1. The fourth-order valence-corrected chi connectivity index (χ4v) is 2.70. The molecule has 124 valence electrons. The van der Waals surface area contributed by atoms with Crippen LogP contribution in [0, 0.1) is 5.92 Å². The molecule has 2 unspecified atom stereocenters. The van der Waals surface area contributed by atoms with Crippen LogP contribution in [-0.2, 0) is 9.53 Å². The van der Waals surface area contributed by atoms with Gasteiger partial charge in [0.1, 0.15) is 18.4 Å². The fraction of sp³-hybridized carbons (Fsp3) is 0.529. The van der Waals surface area contributed by atoms with Gasteiger partial charge in [-0.3, -0.25) is 4.79 Å². The number of amides is 1. The van der Waals surface area contributed by atoms with Crippen molar-refractivity contribution in [3.8, 4) is 5.75 Å². The zero-order chi connectivity index (χ0) is 16.2. The number of rotatable bonds is 7. The largest absolute Gasteiger partial charge is 0.491 e. The summed E-state index contributed by atoms with van der Waals surface area (Å²) in [6.45, 7) is 1.30. The van der Waals surface area contributed by atoms with Crippen molar-refractivity contribution in [2.24, 2.45) is 5.92 Å². The average Bonchev–Trinajstić information content (AvgIpc) is 3.25. The van der Waals surface area contributed by atoms with Gasteiger partial charge >= 0.3 is 5.97 Å². The van der Waals surface area contributed by atoms with E-state index in [4.69, 9.17) is 14.6 Å². The van der Waals surface area contributed by atoms with Crippen molar-refractivity contribution in [1.29, 1.82) is 0 Å². The number of carbonyl (C=O) groups is 2. The smallest absolute Gasteiger partial charge is 0.326 e. The Kier molecular flexibility index (Phi) is 4.81. The van der Waals surface area contributed by atoms with E-state index in [0.29, 0.717) is 17.9 Å². The molecule has 6 nitrogen and oxygen atoms in total. The first-order chi connectivity index (χ1) is 11.1. The van der Waals surface area contributed by atoms with Crippen molar-refractivity contribution in [1.82, 2.24) is 5.32 Å². The molecule has 6 heteroatoms. The van der Waals surface area contributed by atoms with Gasteiger partial charge in [0.2, 0.25) is 0 Å². The van der Waals surface area contributed by atoms with Crippen LogP contribution >= 0.6 is 0 Å². The molecule has 2 N–H and O–H groups in total. The molecule has 1 amide bonds. The molecule has 0 bridgehead atoms. The van der Waals surface area contributed by atoms with Gasteiger partial charge in [-0.05, 0) is 55.9 Å². The summed E-state index contributed by atoms with van der Waals surface area (Å²) in [5, 5.41) is 11.7. The molecule has 2 atom stereocenters. The minimum Gasteiger partial charge on any atom is -0.491 e. The molecule has 0 aromatic heterocycles. The minimum atomic E-state index is -0.975. The first-order valence-electron chi connectivity index (χ1n) is 8.01. The van der Waals surface area contributed by atoms with Crippen molar-refractivity contribution in [2.75, 3.05) is 13.2 Å². The van der Waals surface area contributed by atoms with E-state index >= 15 is 0 Å². The Balaban J connectivity index is 1.53.